The Morgan fingerprint density at radius 2 is 1.74 bits per heavy atom. The predicted octanol–water partition coefficient (Wildman–Crippen LogP) is 3.08. The summed E-state index contributed by atoms with van der Waals surface area (Å²) in [5.41, 5.74) is 1.34. The van der Waals surface area contributed by atoms with Crippen LogP contribution in [0.2, 0.25) is 0 Å². The van der Waals surface area contributed by atoms with Crippen LogP contribution in [0, 0.1) is 18.3 Å². The molecule has 6 heteroatoms. The molecule has 0 amide bonds. The number of piperidine rings is 3. The van der Waals surface area contributed by atoms with E-state index in [1.807, 2.05) is 36.4 Å². The minimum absolute atomic E-state index is 0.00799. The number of anilines is 1. The number of aliphatic hydroxyl groups is 1. The molecule has 1 aromatic carbocycles. The van der Waals surface area contributed by atoms with Crippen LogP contribution in [0.5, 0.6) is 0 Å². The number of fused-ring (bicyclic) bond motifs is 3. The molecule has 2 aromatic rings. The summed E-state index contributed by atoms with van der Waals surface area (Å²) in [6.45, 7) is 1.77. The van der Waals surface area contributed by atoms with Crippen LogP contribution in [0.15, 0.2) is 42.5 Å². The Labute approximate surface area is 181 Å². The van der Waals surface area contributed by atoms with E-state index in [0.29, 0.717) is 12.2 Å². The van der Waals surface area contributed by atoms with Gasteiger partial charge in [0.05, 0.1) is 18.8 Å². The largest absolute Gasteiger partial charge is 0.382 e. The van der Waals surface area contributed by atoms with Crippen LogP contribution >= 0.6 is 0 Å². The highest BCUT2D eigenvalue weighted by molar-refractivity contribution is 5.48. The summed E-state index contributed by atoms with van der Waals surface area (Å²) in [5, 5.41) is 12.0. The Hall–Kier alpha value is -2.49. The maximum absolute atomic E-state index is 13.8. The van der Waals surface area contributed by atoms with Gasteiger partial charge in [0.2, 0.25) is 0 Å². The van der Waals surface area contributed by atoms with Gasteiger partial charge >= 0.3 is 0 Å². The summed E-state index contributed by atoms with van der Waals surface area (Å²) >= 11 is 0. The van der Waals surface area contributed by atoms with E-state index in [2.05, 4.69) is 10.8 Å². The third kappa shape index (κ3) is 3.40. The molecule has 0 spiro atoms. The molecule has 0 aliphatic carbocycles. The van der Waals surface area contributed by atoms with Gasteiger partial charge in [0.25, 0.3) is 0 Å². The molecule has 4 nitrogen and oxygen atoms in total. The molecule has 4 atom stereocenters. The van der Waals surface area contributed by atoms with Gasteiger partial charge in [-0.3, -0.25) is 4.90 Å². The number of pyridine rings is 1. The number of alkyl halides is 2. The molecule has 0 radical (unpaired) electrons. The van der Waals surface area contributed by atoms with Crippen molar-refractivity contribution in [2.45, 2.75) is 43.2 Å². The lowest BCUT2D eigenvalue weighted by Crippen LogP contribution is -2.63. The monoisotopic (exact) mass is 423 g/mol. The Bertz CT molecular complexity index is 976. The van der Waals surface area contributed by atoms with Gasteiger partial charge in [-0.15, -0.1) is 6.42 Å². The fourth-order valence-electron chi connectivity index (χ4n) is 5.57. The summed E-state index contributed by atoms with van der Waals surface area (Å²) in [4.78, 5) is 8.67. The lowest BCUT2D eigenvalue weighted by Gasteiger charge is -2.54. The van der Waals surface area contributed by atoms with Crippen LogP contribution in [-0.4, -0.2) is 59.6 Å². The standard InChI is InChI=1S/C25H27F2N3O/c1-2-23-25(31,18-10-12-29(23)13-11-18)19-8-9-24(30-15-20(26)21(27)16-30)28-22(19)14-17-6-4-3-5-7-17/h1,3-9,18,20-21,23,31H,10-16H2/t20-,21-,23?,25-/m1/s1. The zero-order valence-corrected chi connectivity index (χ0v) is 17.4. The molecule has 162 valence electrons. The van der Waals surface area contributed by atoms with Crippen molar-refractivity contribution in [1.82, 2.24) is 9.88 Å². The second kappa shape index (κ2) is 7.89. The number of hydrogen-bond donors (Lipinski definition) is 1. The van der Waals surface area contributed by atoms with Crippen molar-refractivity contribution >= 4 is 5.82 Å². The zero-order valence-electron chi connectivity index (χ0n) is 17.4. The topological polar surface area (TPSA) is 39.6 Å². The number of aromatic nitrogens is 1. The molecule has 1 unspecified atom stereocenters. The highest BCUT2D eigenvalue weighted by atomic mass is 19.2. The first-order valence-electron chi connectivity index (χ1n) is 11.0. The van der Waals surface area contributed by atoms with Crippen molar-refractivity contribution in [3.05, 3.63) is 59.3 Å². The molecule has 6 rings (SSSR count). The number of terminal acetylenes is 1. The van der Waals surface area contributed by atoms with E-state index in [1.54, 1.807) is 11.0 Å². The quantitative estimate of drug-likeness (QED) is 0.768. The van der Waals surface area contributed by atoms with E-state index in [1.165, 1.54) is 0 Å². The van der Waals surface area contributed by atoms with E-state index in [4.69, 9.17) is 11.4 Å². The van der Waals surface area contributed by atoms with Crippen molar-refractivity contribution < 1.29 is 13.9 Å². The Morgan fingerprint density at radius 1 is 1.06 bits per heavy atom. The van der Waals surface area contributed by atoms with Crippen LogP contribution in [0.25, 0.3) is 0 Å². The van der Waals surface area contributed by atoms with Gasteiger partial charge < -0.3 is 10.0 Å². The molecule has 1 N–H and O–H groups in total. The minimum atomic E-state index is -1.50. The molecule has 4 aliphatic rings. The van der Waals surface area contributed by atoms with Crippen molar-refractivity contribution in [2.75, 3.05) is 31.1 Å². The SMILES string of the molecule is C#CC1N2CCC(CC2)[C@@]1(O)c1ccc(N2C[C@@H](F)[C@H](F)C2)nc1Cc1ccccc1. The molecular formula is C25H27F2N3O. The van der Waals surface area contributed by atoms with Crippen molar-refractivity contribution in [3.63, 3.8) is 0 Å². The summed E-state index contributed by atoms with van der Waals surface area (Å²) < 4.78 is 27.6. The number of rotatable bonds is 4. The maximum Gasteiger partial charge on any atom is 0.150 e. The van der Waals surface area contributed by atoms with Crippen LogP contribution in [0.3, 0.4) is 0 Å². The van der Waals surface area contributed by atoms with Crippen molar-refractivity contribution in [2.24, 2.45) is 5.92 Å². The number of nitrogens with zero attached hydrogens (tertiary/aromatic N) is 3. The number of halogens is 2. The Morgan fingerprint density at radius 3 is 2.39 bits per heavy atom. The van der Waals surface area contributed by atoms with Gasteiger partial charge in [0, 0.05) is 12.0 Å². The maximum atomic E-state index is 13.8. The van der Waals surface area contributed by atoms with Crippen LogP contribution in [0.4, 0.5) is 14.6 Å². The normalized spacial score (nSPS) is 34.6. The van der Waals surface area contributed by atoms with Crippen LogP contribution in [-0.2, 0) is 12.0 Å². The third-order valence-electron chi connectivity index (χ3n) is 7.20. The molecule has 1 aromatic heterocycles. The van der Waals surface area contributed by atoms with E-state index >= 15 is 0 Å². The van der Waals surface area contributed by atoms with Crippen LogP contribution < -0.4 is 4.90 Å². The lowest BCUT2D eigenvalue weighted by molar-refractivity contribution is -0.143. The van der Waals surface area contributed by atoms with Gasteiger partial charge in [0.1, 0.15) is 17.5 Å². The summed E-state index contributed by atoms with van der Waals surface area (Å²) in [5.74, 6) is 3.44. The second-order valence-electron chi connectivity index (χ2n) is 8.97. The van der Waals surface area contributed by atoms with Gasteiger partial charge in [-0.2, -0.15) is 0 Å². The van der Waals surface area contributed by atoms with Crippen molar-refractivity contribution in [1.29, 1.82) is 0 Å². The summed E-state index contributed by atoms with van der Waals surface area (Å²) in [6.07, 6.45) is 5.19. The third-order valence-corrected chi connectivity index (χ3v) is 7.20. The molecule has 4 aliphatic heterocycles. The average molecular weight is 424 g/mol. The van der Waals surface area contributed by atoms with E-state index in [-0.39, 0.29) is 19.0 Å². The molecule has 5 heterocycles. The smallest absolute Gasteiger partial charge is 0.150 e. The number of hydrogen-bond acceptors (Lipinski definition) is 4. The van der Waals surface area contributed by atoms with Gasteiger partial charge in [-0.1, -0.05) is 42.3 Å². The second-order valence-corrected chi connectivity index (χ2v) is 8.97. The zero-order chi connectivity index (χ0) is 21.6. The first kappa shape index (κ1) is 20.4. The van der Waals surface area contributed by atoms with E-state index < -0.39 is 24.0 Å². The molecule has 2 bridgehead atoms. The fourth-order valence-corrected chi connectivity index (χ4v) is 5.57. The molecule has 31 heavy (non-hydrogen) atoms. The Kier molecular flexibility index (Phi) is 5.19. The number of benzene rings is 1. The first-order valence-corrected chi connectivity index (χ1v) is 11.0. The minimum Gasteiger partial charge on any atom is -0.382 e. The summed E-state index contributed by atoms with van der Waals surface area (Å²) in [7, 11) is 0. The van der Waals surface area contributed by atoms with E-state index in [9.17, 15) is 13.9 Å². The highest BCUT2D eigenvalue weighted by Crippen LogP contribution is 2.48. The highest BCUT2D eigenvalue weighted by Gasteiger charge is 2.54. The molecule has 4 saturated heterocycles. The fraction of sp³-hybridized carbons (Fsp3) is 0.480. The van der Waals surface area contributed by atoms with Gasteiger partial charge in [-0.25, -0.2) is 13.8 Å². The first-order chi connectivity index (χ1) is 15.0. The van der Waals surface area contributed by atoms with Crippen LogP contribution in [0.1, 0.15) is 29.7 Å². The van der Waals surface area contributed by atoms with E-state index in [0.717, 1.165) is 42.8 Å². The lowest BCUT2D eigenvalue weighted by atomic mass is 9.66. The van der Waals surface area contributed by atoms with Crippen molar-refractivity contribution in [3.8, 4) is 12.3 Å². The van der Waals surface area contributed by atoms with Gasteiger partial charge in [0.15, 0.2) is 12.3 Å². The van der Waals surface area contributed by atoms with Gasteiger partial charge in [-0.05, 0) is 43.5 Å². The average Bonchev–Trinajstić information content (AvgIpc) is 3.13. The molecule has 0 saturated carbocycles. The predicted molar refractivity (Wildman–Crippen MR) is 116 cm³/mol. The molecular weight excluding hydrogens is 396 g/mol. The Balaban J connectivity index is 1.58. The molecule has 4 fully saturated rings. The summed E-state index contributed by atoms with van der Waals surface area (Å²) in [6, 6.07) is 13.2.